The molecule has 0 atom stereocenters. The molecular formula is C11H9NO2S. The van der Waals surface area contributed by atoms with E-state index >= 15 is 0 Å². The van der Waals surface area contributed by atoms with Crippen LogP contribution in [0.2, 0.25) is 0 Å². The lowest BCUT2D eigenvalue weighted by Gasteiger charge is -2.03. The quantitative estimate of drug-likeness (QED) is 0.862. The van der Waals surface area contributed by atoms with Crippen LogP contribution in [0.1, 0.15) is 5.56 Å². The lowest BCUT2D eigenvalue weighted by atomic mass is 10.0. The first kappa shape index (κ1) is 9.86. The molecule has 15 heavy (non-hydrogen) atoms. The Morgan fingerprint density at radius 1 is 1.40 bits per heavy atom. The molecule has 0 aliphatic rings. The molecule has 0 radical (unpaired) electrons. The Morgan fingerprint density at radius 3 is 2.87 bits per heavy atom. The average Bonchev–Trinajstić information content (AvgIpc) is 2.70. The molecule has 76 valence electrons. The van der Waals surface area contributed by atoms with E-state index < -0.39 is 5.97 Å². The van der Waals surface area contributed by atoms with Crippen molar-refractivity contribution in [1.82, 2.24) is 4.98 Å². The molecule has 2 rings (SSSR count). The van der Waals surface area contributed by atoms with E-state index in [0.717, 1.165) is 16.8 Å². The first-order valence-corrected chi connectivity index (χ1v) is 5.40. The molecule has 0 amide bonds. The van der Waals surface area contributed by atoms with Crippen molar-refractivity contribution in [3.8, 4) is 11.3 Å². The summed E-state index contributed by atoms with van der Waals surface area (Å²) < 4.78 is 0. The summed E-state index contributed by atoms with van der Waals surface area (Å²) in [5.41, 5.74) is 4.29. The average molecular weight is 219 g/mol. The Morgan fingerprint density at radius 2 is 2.20 bits per heavy atom. The normalized spacial score (nSPS) is 10.1. The number of thiazole rings is 1. The van der Waals surface area contributed by atoms with E-state index in [1.807, 2.05) is 29.6 Å². The largest absolute Gasteiger partial charge is 0.481 e. The van der Waals surface area contributed by atoms with Crippen molar-refractivity contribution < 1.29 is 9.90 Å². The molecule has 0 unspecified atom stereocenters. The third-order valence-electron chi connectivity index (χ3n) is 2.07. The van der Waals surface area contributed by atoms with E-state index in [0.29, 0.717) is 0 Å². The van der Waals surface area contributed by atoms with Crippen molar-refractivity contribution in [2.24, 2.45) is 0 Å². The fourth-order valence-electron chi connectivity index (χ4n) is 1.43. The number of nitrogens with zero attached hydrogens (tertiary/aromatic N) is 1. The van der Waals surface area contributed by atoms with Gasteiger partial charge in [-0.15, -0.1) is 11.3 Å². The van der Waals surface area contributed by atoms with Gasteiger partial charge in [0.05, 0.1) is 17.6 Å². The number of benzene rings is 1. The Bertz CT molecular complexity index is 465. The van der Waals surface area contributed by atoms with Crippen LogP contribution in [0.25, 0.3) is 11.3 Å². The van der Waals surface area contributed by atoms with Crippen molar-refractivity contribution in [3.63, 3.8) is 0 Å². The first-order chi connectivity index (χ1) is 7.27. The van der Waals surface area contributed by atoms with Crippen molar-refractivity contribution >= 4 is 17.3 Å². The van der Waals surface area contributed by atoms with Crippen LogP contribution in [0, 0.1) is 0 Å². The van der Waals surface area contributed by atoms with Crippen LogP contribution in [0.3, 0.4) is 0 Å². The zero-order chi connectivity index (χ0) is 10.7. The highest BCUT2D eigenvalue weighted by atomic mass is 32.1. The molecule has 0 saturated heterocycles. The van der Waals surface area contributed by atoms with Crippen LogP contribution in [0.15, 0.2) is 35.2 Å². The van der Waals surface area contributed by atoms with Gasteiger partial charge in [0.25, 0.3) is 0 Å². The predicted molar refractivity (Wildman–Crippen MR) is 58.9 cm³/mol. The maximum Gasteiger partial charge on any atom is 0.307 e. The van der Waals surface area contributed by atoms with Crippen LogP contribution in [0.4, 0.5) is 0 Å². The van der Waals surface area contributed by atoms with Gasteiger partial charge in [0.2, 0.25) is 0 Å². The summed E-state index contributed by atoms with van der Waals surface area (Å²) in [6, 6.07) is 7.45. The molecule has 0 aliphatic heterocycles. The Kier molecular flexibility index (Phi) is 2.78. The van der Waals surface area contributed by atoms with Gasteiger partial charge in [-0.3, -0.25) is 4.79 Å². The molecule has 0 saturated carbocycles. The van der Waals surface area contributed by atoms with Crippen LogP contribution in [-0.2, 0) is 11.2 Å². The van der Waals surface area contributed by atoms with Crippen LogP contribution < -0.4 is 0 Å². The molecule has 1 N–H and O–H groups in total. The van der Waals surface area contributed by atoms with Gasteiger partial charge in [-0.25, -0.2) is 4.98 Å². The Hall–Kier alpha value is -1.68. The number of carbonyl (C=O) groups is 1. The third kappa shape index (κ3) is 2.22. The summed E-state index contributed by atoms with van der Waals surface area (Å²) in [4.78, 5) is 14.9. The molecule has 0 aliphatic carbocycles. The minimum Gasteiger partial charge on any atom is -0.481 e. The van der Waals surface area contributed by atoms with Crippen molar-refractivity contribution in [3.05, 3.63) is 40.7 Å². The second kappa shape index (κ2) is 4.23. The smallest absolute Gasteiger partial charge is 0.307 e. The van der Waals surface area contributed by atoms with Gasteiger partial charge in [-0.1, -0.05) is 24.3 Å². The molecule has 0 spiro atoms. The number of hydrogen-bond acceptors (Lipinski definition) is 3. The zero-order valence-corrected chi connectivity index (χ0v) is 8.70. The standard InChI is InChI=1S/C11H9NO2S/c13-11(14)5-8-3-1-2-4-9(8)10-6-15-7-12-10/h1-4,6-7H,5H2,(H,13,14). The highest BCUT2D eigenvalue weighted by Gasteiger charge is 2.08. The van der Waals surface area contributed by atoms with Gasteiger partial charge in [0, 0.05) is 10.9 Å². The molecule has 1 aromatic heterocycles. The van der Waals surface area contributed by atoms with E-state index in [1.54, 1.807) is 5.51 Å². The SMILES string of the molecule is O=C(O)Cc1ccccc1-c1cscn1. The number of aromatic nitrogens is 1. The first-order valence-electron chi connectivity index (χ1n) is 4.45. The molecule has 4 heteroatoms. The summed E-state index contributed by atoms with van der Waals surface area (Å²) in [6.07, 6.45) is 0.0354. The number of carboxylic acids is 1. The Balaban J connectivity index is 2.42. The minimum absolute atomic E-state index is 0.0354. The van der Waals surface area contributed by atoms with Gasteiger partial charge in [-0.05, 0) is 5.56 Å². The fourth-order valence-corrected chi connectivity index (χ4v) is 1.98. The van der Waals surface area contributed by atoms with Gasteiger partial charge < -0.3 is 5.11 Å². The van der Waals surface area contributed by atoms with Crippen LogP contribution in [0.5, 0.6) is 0 Å². The topological polar surface area (TPSA) is 50.2 Å². The number of aliphatic carboxylic acids is 1. The maximum atomic E-state index is 10.7. The lowest BCUT2D eigenvalue weighted by Crippen LogP contribution is -2.01. The minimum atomic E-state index is -0.822. The summed E-state index contributed by atoms with van der Waals surface area (Å²) in [5, 5.41) is 10.7. The number of rotatable bonds is 3. The molecule has 2 aromatic rings. The highest BCUT2D eigenvalue weighted by Crippen LogP contribution is 2.23. The van der Waals surface area contributed by atoms with Crippen molar-refractivity contribution in [2.75, 3.05) is 0 Å². The zero-order valence-electron chi connectivity index (χ0n) is 7.88. The van der Waals surface area contributed by atoms with E-state index in [9.17, 15) is 4.79 Å². The third-order valence-corrected chi connectivity index (χ3v) is 2.65. The van der Waals surface area contributed by atoms with E-state index in [-0.39, 0.29) is 6.42 Å². The molecular weight excluding hydrogens is 210 g/mol. The summed E-state index contributed by atoms with van der Waals surface area (Å²) in [6.45, 7) is 0. The highest BCUT2D eigenvalue weighted by molar-refractivity contribution is 7.07. The molecule has 1 heterocycles. The summed E-state index contributed by atoms with van der Waals surface area (Å²) >= 11 is 1.50. The van der Waals surface area contributed by atoms with E-state index in [4.69, 9.17) is 5.11 Å². The summed E-state index contributed by atoms with van der Waals surface area (Å²) in [7, 11) is 0. The number of carboxylic acid groups (broad SMARTS) is 1. The van der Waals surface area contributed by atoms with Gasteiger partial charge in [0.1, 0.15) is 0 Å². The van der Waals surface area contributed by atoms with E-state index in [1.165, 1.54) is 11.3 Å². The van der Waals surface area contributed by atoms with E-state index in [2.05, 4.69) is 4.98 Å². The second-order valence-electron chi connectivity index (χ2n) is 3.10. The monoisotopic (exact) mass is 219 g/mol. The summed E-state index contributed by atoms with van der Waals surface area (Å²) in [5.74, 6) is -0.822. The molecule has 0 bridgehead atoms. The van der Waals surface area contributed by atoms with Crippen LogP contribution >= 0.6 is 11.3 Å². The number of hydrogen-bond donors (Lipinski definition) is 1. The second-order valence-corrected chi connectivity index (χ2v) is 3.82. The molecule has 3 nitrogen and oxygen atoms in total. The van der Waals surface area contributed by atoms with Gasteiger partial charge in [-0.2, -0.15) is 0 Å². The molecule has 0 fully saturated rings. The lowest BCUT2D eigenvalue weighted by molar-refractivity contribution is -0.136. The van der Waals surface area contributed by atoms with Crippen molar-refractivity contribution in [2.45, 2.75) is 6.42 Å². The fraction of sp³-hybridized carbons (Fsp3) is 0.0909. The maximum absolute atomic E-state index is 10.7. The van der Waals surface area contributed by atoms with Gasteiger partial charge >= 0.3 is 5.97 Å². The van der Waals surface area contributed by atoms with Crippen molar-refractivity contribution in [1.29, 1.82) is 0 Å². The van der Waals surface area contributed by atoms with Gasteiger partial charge in [0.15, 0.2) is 0 Å². The predicted octanol–water partition coefficient (Wildman–Crippen LogP) is 2.44. The molecule has 1 aromatic carbocycles. The van der Waals surface area contributed by atoms with Crippen LogP contribution in [-0.4, -0.2) is 16.1 Å². The Labute approximate surface area is 91.0 Å².